The second kappa shape index (κ2) is 6.10. The zero-order chi connectivity index (χ0) is 15.7. The monoisotopic (exact) mass is 377 g/mol. The first-order valence-electron chi connectivity index (χ1n) is 6.82. The SMILES string of the molecule is CCn1c(NC(=O)c2ccc(Br)cc2Cl)nc2ccccc21. The summed E-state index contributed by atoms with van der Waals surface area (Å²) in [6.45, 7) is 2.72. The number of hydrogen-bond donors (Lipinski definition) is 1. The molecule has 112 valence electrons. The zero-order valence-electron chi connectivity index (χ0n) is 11.8. The molecule has 1 N–H and O–H groups in total. The van der Waals surface area contributed by atoms with E-state index in [1.807, 2.05) is 35.8 Å². The lowest BCUT2D eigenvalue weighted by molar-refractivity contribution is 0.102. The van der Waals surface area contributed by atoms with Crippen molar-refractivity contribution < 1.29 is 4.79 Å². The van der Waals surface area contributed by atoms with Gasteiger partial charge in [-0.25, -0.2) is 4.98 Å². The summed E-state index contributed by atoms with van der Waals surface area (Å²) in [5.74, 6) is 0.246. The van der Waals surface area contributed by atoms with Crippen molar-refractivity contribution in [3.05, 3.63) is 57.5 Å². The molecule has 1 amide bonds. The van der Waals surface area contributed by atoms with Crippen LogP contribution in [-0.2, 0) is 6.54 Å². The molecule has 0 radical (unpaired) electrons. The van der Waals surface area contributed by atoms with Crippen LogP contribution < -0.4 is 5.32 Å². The third-order valence-electron chi connectivity index (χ3n) is 3.37. The van der Waals surface area contributed by atoms with Crippen LogP contribution in [0.3, 0.4) is 0 Å². The molecule has 0 spiro atoms. The molecule has 1 aromatic heterocycles. The van der Waals surface area contributed by atoms with Crippen molar-refractivity contribution in [2.24, 2.45) is 0 Å². The van der Waals surface area contributed by atoms with Crippen LogP contribution in [0, 0.1) is 0 Å². The fourth-order valence-corrected chi connectivity index (χ4v) is 3.09. The molecule has 0 bridgehead atoms. The Kier molecular flexibility index (Phi) is 4.18. The largest absolute Gasteiger partial charge is 0.310 e. The number of benzene rings is 2. The van der Waals surface area contributed by atoms with E-state index >= 15 is 0 Å². The molecule has 2 aromatic carbocycles. The molecular weight excluding hydrogens is 366 g/mol. The number of amides is 1. The fourth-order valence-electron chi connectivity index (χ4n) is 2.33. The average molecular weight is 379 g/mol. The lowest BCUT2D eigenvalue weighted by Gasteiger charge is -2.08. The van der Waals surface area contributed by atoms with Crippen LogP contribution >= 0.6 is 27.5 Å². The van der Waals surface area contributed by atoms with E-state index in [4.69, 9.17) is 11.6 Å². The molecule has 0 fully saturated rings. The molecule has 0 saturated carbocycles. The van der Waals surface area contributed by atoms with Crippen LogP contribution in [0.1, 0.15) is 17.3 Å². The number of para-hydroxylation sites is 2. The molecule has 6 heteroatoms. The number of nitrogens with one attached hydrogen (secondary N) is 1. The Hall–Kier alpha value is -1.85. The number of rotatable bonds is 3. The van der Waals surface area contributed by atoms with Crippen molar-refractivity contribution in [3.63, 3.8) is 0 Å². The highest BCUT2D eigenvalue weighted by atomic mass is 79.9. The number of nitrogens with zero attached hydrogens (tertiary/aromatic N) is 2. The van der Waals surface area contributed by atoms with Gasteiger partial charge in [0.2, 0.25) is 5.95 Å². The van der Waals surface area contributed by atoms with Gasteiger partial charge in [-0.1, -0.05) is 39.7 Å². The predicted molar refractivity (Wildman–Crippen MR) is 92.5 cm³/mol. The molecular formula is C16H13BrClN3O. The number of fused-ring (bicyclic) bond motifs is 1. The Morgan fingerprint density at radius 1 is 1.32 bits per heavy atom. The number of imidazole rings is 1. The van der Waals surface area contributed by atoms with Gasteiger partial charge in [0.1, 0.15) is 0 Å². The van der Waals surface area contributed by atoms with E-state index in [2.05, 4.69) is 26.2 Å². The van der Waals surface area contributed by atoms with Gasteiger partial charge in [-0.15, -0.1) is 0 Å². The summed E-state index contributed by atoms with van der Waals surface area (Å²) in [5.41, 5.74) is 2.25. The average Bonchev–Trinajstić information content (AvgIpc) is 2.83. The summed E-state index contributed by atoms with van der Waals surface area (Å²) in [7, 11) is 0. The van der Waals surface area contributed by atoms with Crippen molar-refractivity contribution in [3.8, 4) is 0 Å². The van der Waals surface area contributed by atoms with Gasteiger partial charge in [0.05, 0.1) is 21.6 Å². The molecule has 0 unspecified atom stereocenters. The van der Waals surface area contributed by atoms with Gasteiger partial charge < -0.3 is 4.57 Å². The van der Waals surface area contributed by atoms with E-state index in [9.17, 15) is 4.79 Å². The number of aromatic nitrogens is 2. The van der Waals surface area contributed by atoms with Gasteiger partial charge in [0, 0.05) is 11.0 Å². The lowest BCUT2D eigenvalue weighted by Crippen LogP contribution is -2.16. The second-order valence-corrected chi connectivity index (χ2v) is 6.07. The van der Waals surface area contributed by atoms with Crippen molar-refractivity contribution in [2.75, 3.05) is 5.32 Å². The van der Waals surface area contributed by atoms with E-state index in [0.717, 1.165) is 15.5 Å². The Labute approximate surface area is 141 Å². The zero-order valence-corrected chi connectivity index (χ0v) is 14.1. The summed E-state index contributed by atoms with van der Waals surface area (Å²) < 4.78 is 2.79. The second-order valence-electron chi connectivity index (χ2n) is 4.75. The highest BCUT2D eigenvalue weighted by molar-refractivity contribution is 9.10. The number of anilines is 1. The van der Waals surface area contributed by atoms with Gasteiger partial charge in [0.15, 0.2) is 0 Å². The summed E-state index contributed by atoms with van der Waals surface area (Å²) in [6, 6.07) is 12.9. The smallest absolute Gasteiger partial charge is 0.259 e. The number of carbonyl (C=O) groups is 1. The lowest BCUT2D eigenvalue weighted by atomic mass is 10.2. The number of hydrogen-bond acceptors (Lipinski definition) is 2. The van der Waals surface area contributed by atoms with Crippen LogP contribution in [0.25, 0.3) is 11.0 Å². The van der Waals surface area contributed by atoms with Crippen LogP contribution in [-0.4, -0.2) is 15.5 Å². The maximum atomic E-state index is 12.4. The molecule has 0 aliphatic carbocycles. The molecule has 0 atom stereocenters. The van der Waals surface area contributed by atoms with E-state index in [1.54, 1.807) is 18.2 Å². The number of halogens is 2. The molecule has 3 aromatic rings. The maximum Gasteiger partial charge on any atom is 0.259 e. The van der Waals surface area contributed by atoms with Crippen LogP contribution in [0.5, 0.6) is 0 Å². The third kappa shape index (κ3) is 2.74. The normalized spacial score (nSPS) is 10.9. The summed E-state index contributed by atoms with van der Waals surface area (Å²) in [5, 5.41) is 3.24. The van der Waals surface area contributed by atoms with Gasteiger partial charge in [-0.3, -0.25) is 10.1 Å². The Balaban J connectivity index is 1.97. The summed E-state index contributed by atoms with van der Waals surface area (Å²) in [4.78, 5) is 16.9. The first-order valence-corrected chi connectivity index (χ1v) is 7.99. The molecule has 0 aliphatic heterocycles. The first kappa shape index (κ1) is 15.1. The molecule has 0 aliphatic rings. The number of aryl methyl sites for hydroxylation is 1. The van der Waals surface area contributed by atoms with E-state index in [-0.39, 0.29) is 5.91 Å². The molecule has 22 heavy (non-hydrogen) atoms. The molecule has 1 heterocycles. The minimum atomic E-state index is -0.275. The van der Waals surface area contributed by atoms with Gasteiger partial charge in [0.25, 0.3) is 5.91 Å². The van der Waals surface area contributed by atoms with E-state index < -0.39 is 0 Å². The van der Waals surface area contributed by atoms with Crippen molar-refractivity contribution in [1.82, 2.24) is 9.55 Å². The quantitative estimate of drug-likeness (QED) is 0.716. The Bertz CT molecular complexity index is 860. The minimum Gasteiger partial charge on any atom is -0.310 e. The van der Waals surface area contributed by atoms with Crippen LogP contribution in [0.15, 0.2) is 46.9 Å². The van der Waals surface area contributed by atoms with Gasteiger partial charge >= 0.3 is 0 Å². The molecule has 4 nitrogen and oxygen atoms in total. The Morgan fingerprint density at radius 2 is 2.09 bits per heavy atom. The maximum absolute atomic E-state index is 12.4. The summed E-state index contributed by atoms with van der Waals surface area (Å²) in [6.07, 6.45) is 0. The van der Waals surface area contributed by atoms with E-state index in [0.29, 0.717) is 23.1 Å². The Morgan fingerprint density at radius 3 is 2.82 bits per heavy atom. The van der Waals surface area contributed by atoms with Gasteiger partial charge in [-0.2, -0.15) is 0 Å². The van der Waals surface area contributed by atoms with Crippen molar-refractivity contribution in [2.45, 2.75) is 13.5 Å². The molecule has 3 rings (SSSR count). The highest BCUT2D eigenvalue weighted by Gasteiger charge is 2.15. The first-order chi connectivity index (χ1) is 10.6. The van der Waals surface area contributed by atoms with Gasteiger partial charge in [-0.05, 0) is 37.3 Å². The highest BCUT2D eigenvalue weighted by Crippen LogP contribution is 2.24. The topological polar surface area (TPSA) is 46.9 Å². The third-order valence-corrected chi connectivity index (χ3v) is 4.18. The van der Waals surface area contributed by atoms with Crippen LogP contribution in [0.2, 0.25) is 5.02 Å². The number of carbonyl (C=O) groups excluding carboxylic acids is 1. The predicted octanol–water partition coefficient (Wildman–Crippen LogP) is 4.72. The fraction of sp³-hybridized carbons (Fsp3) is 0.125. The van der Waals surface area contributed by atoms with Crippen molar-refractivity contribution >= 4 is 50.4 Å². The minimum absolute atomic E-state index is 0.275. The van der Waals surface area contributed by atoms with E-state index in [1.165, 1.54) is 0 Å². The standard InChI is InChI=1S/C16H13BrClN3O/c1-2-21-14-6-4-3-5-13(14)19-16(21)20-15(22)11-8-7-10(17)9-12(11)18/h3-9H,2H2,1H3,(H,19,20,22). The molecule has 0 saturated heterocycles. The summed E-state index contributed by atoms with van der Waals surface area (Å²) >= 11 is 9.45. The van der Waals surface area contributed by atoms with Crippen molar-refractivity contribution in [1.29, 1.82) is 0 Å². The van der Waals surface area contributed by atoms with Crippen LogP contribution in [0.4, 0.5) is 5.95 Å².